The van der Waals surface area contributed by atoms with Crippen LogP contribution < -0.4 is 10.1 Å². The number of nitrogens with zero attached hydrogens (tertiary/aromatic N) is 1. The molecule has 2 aromatic carbocycles. The SMILES string of the molecule is CC[C@H](C(=O)NC(C)(C)C)N(Cc1ccccc1Cl)C(=O)COc1ccc(C(C)C)cc1Br. The van der Waals surface area contributed by atoms with Crippen molar-refractivity contribution in [1.82, 2.24) is 10.2 Å². The van der Waals surface area contributed by atoms with Crippen LogP contribution in [0.2, 0.25) is 5.02 Å². The molecule has 0 aliphatic carbocycles. The van der Waals surface area contributed by atoms with Crippen LogP contribution in [0.15, 0.2) is 46.9 Å². The van der Waals surface area contributed by atoms with E-state index in [4.69, 9.17) is 16.3 Å². The predicted octanol–water partition coefficient (Wildman–Crippen LogP) is 6.33. The third-order valence-electron chi connectivity index (χ3n) is 5.16. The average molecular weight is 538 g/mol. The summed E-state index contributed by atoms with van der Waals surface area (Å²) < 4.78 is 6.64. The standard InChI is InChI=1S/C26H34BrClN2O3/c1-7-22(25(32)29-26(4,5)6)30(15-19-10-8-9-11-21(19)28)24(31)16-33-23-13-12-18(17(2)3)14-20(23)27/h8-14,17,22H,7,15-16H2,1-6H3,(H,29,32)/t22-/m1/s1. The maximum absolute atomic E-state index is 13.4. The van der Waals surface area contributed by atoms with E-state index < -0.39 is 11.6 Å². The van der Waals surface area contributed by atoms with Crippen LogP contribution in [0, 0.1) is 0 Å². The zero-order valence-corrected chi connectivity index (χ0v) is 22.6. The highest BCUT2D eigenvalue weighted by Crippen LogP contribution is 2.29. The lowest BCUT2D eigenvalue weighted by molar-refractivity contribution is -0.143. The van der Waals surface area contributed by atoms with Gasteiger partial charge in [-0.05, 0) is 78.4 Å². The highest BCUT2D eigenvalue weighted by Gasteiger charge is 2.31. The van der Waals surface area contributed by atoms with Gasteiger partial charge in [0, 0.05) is 17.1 Å². The molecule has 0 fully saturated rings. The first kappa shape index (κ1) is 27.2. The van der Waals surface area contributed by atoms with Crippen LogP contribution in [0.3, 0.4) is 0 Å². The van der Waals surface area contributed by atoms with E-state index in [1.807, 2.05) is 64.1 Å². The van der Waals surface area contributed by atoms with Crippen LogP contribution in [0.4, 0.5) is 0 Å². The molecule has 2 rings (SSSR count). The topological polar surface area (TPSA) is 58.6 Å². The summed E-state index contributed by atoms with van der Waals surface area (Å²) in [5.41, 5.74) is 1.53. The van der Waals surface area contributed by atoms with Gasteiger partial charge in [-0.2, -0.15) is 0 Å². The Balaban J connectivity index is 2.27. The van der Waals surface area contributed by atoms with Crippen LogP contribution in [-0.4, -0.2) is 34.9 Å². The number of ether oxygens (including phenoxy) is 1. The van der Waals surface area contributed by atoms with Crippen molar-refractivity contribution in [2.24, 2.45) is 0 Å². The van der Waals surface area contributed by atoms with Crippen LogP contribution in [0.1, 0.15) is 65.0 Å². The van der Waals surface area contributed by atoms with Gasteiger partial charge in [0.1, 0.15) is 11.8 Å². The molecular formula is C26H34BrClN2O3. The number of nitrogens with one attached hydrogen (secondary N) is 1. The molecule has 7 heteroatoms. The summed E-state index contributed by atoms with van der Waals surface area (Å²) >= 11 is 9.90. The third-order valence-corrected chi connectivity index (χ3v) is 6.14. The smallest absolute Gasteiger partial charge is 0.261 e. The van der Waals surface area contributed by atoms with Crippen LogP contribution in [-0.2, 0) is 16.1 Å². The maximum atomic E-state index is 13.4. The Morgan fingerprint density at radius 1 is 1.15 bits per heavy atom. The molecule has 0 heterocycles. The van der Waals surface area contributed by atoms with Gasteiger partial charge < -0.3 is 15.0 Å². The molecule has 1 N–H and O–H groups in total. The molecule has 33 heavy (non-hydrogen) atoms. The largest absolute Gasteiger partial charge is 0.483 e. The van der Waals surface area contributed by atoms with Gasteiger partial charge in [0.15, 0.2) is 6.61 Å². The van der Waals surface area contributed by atoms with E-state index in [0.717, 1.165) is 10.0 Å². The van der Waals surface area contributed by atoms with Gasteiger partial charge in [-0.1, -0.05) is 56.6 Å². The first-order chi connectivity index (χ1) is 15.4. The summed E-state index contributed by atoms with van der Waals surface area (Å²) in [6.07, 6.45) is 0.463. The summed E-state index contributed by atoms with van der Waals surface area (Å²) in [5.74, 6) is 0.478. The molecule has 180 valence electrons. The molecule has 0 bridgehead atoms. The predicted molar refractivity (Wildman–Crippen MR) is 138 cm³/mol. The van der Waals surface area contributed by atoms with Crippen molar-refractivity contribution in [3.8, 4) is 5.75 Å². The highest BCUT2D eigenvalue weighted by atomic mass is 79.9. The maximum Gasteiger partial charge on any atom is 0.261 e. The first-order valence-corrected chi connectivity index (χ1v) is 12.4. The van der Waals surface area contributed by atoms with Crippen LogP contribution >= 0.6 is 27.5 Å². The van der Waals surface area contributed by atoms with E-state index in [9.17, 15) is 9.59 Å². The molecule has 0 radical (unpaired) electrons. The minimum absolute atomic E-state index is 0.191. The number of benzene rings is 2. The van der Waals surface area contributed by atoms with Gasteiger partial charge in [0.25, 0.3) is 5.91 Å². The van der Waals surface area contributed by atoms with E-state index in [-0.39, 0.29) is 25.0 Å². The fourth-order valence-electron chi connectivity index (χ4n) is 3.40. The van der Waals surface area contributed by atoms with Gasteiger partial charge >= 0.3 is 0 Å². The number of carbonyl (C=O) groups is 2. The van der Waals surface area contributed by atoms with Crippen molar-refractivity contribution in [1.29, 1.82) is 0 Å². The molecule has 0 saturated carbocycles. The second-order valence-electron chi connectivity index (χ2n) is 9.41. The zero-order valence-electron chi connectivity index (χ0n) is 20.2. The second-order valence-corrected chi connectivity index (χ2v) is 10.7. The Labute approximate surface area is 211 Å². The van der Waals surface area contributed by atoms with Crippen molar-refractivity contribution in [2.75, 3.05) is 6.61 Å². The van der Waals surface area contributed by atoms with Crippen molar-refractivity contribution in [3.05, 3.63) is 63.1 Å². The summed E-state index contributed by atoms with van der Waals surface area (Å²) in [7, 11) is 0. The molecule has 0 unspecified atom stereocenters. The molecule has 0 spiro atoms. The average Bonchev–Trinajstić information content (AvgIpc) is 2.72. The summed E-state index contributed by atoms with van der Waals surface area (Å²) in [5, 5.41) is 3.54. The highest BCUT2D eigenvalue weighted by molar-refractivity contribution is 9.10. The number of hydrogen-bond acceptors (Lipinski definition) is 3. The molecule has 0 aliphatic heterocycles. The zero-order chi connectivity index (χ0) is 24.8. The van der Waals surface area contributed by atoms with E-state index in [1.165, 1.54) is 5.56 Å². The Morgan fingerprint density at radius 3 is 2.36 bits per heavy atom. The van der Waals surface area contributed by atoms with E-state index in [1.54, 1.807) is 11.0 Å². The van der Waals surface area contributed by atoms with Crippen molar-refractivity contribution in [2.45, 2.75) is 72.0 Å². The molecule has 1 atom stereocenters. The van der Waals surface area contributed by atoms with E-state index in [2.05, 4.69) is 35.1 Å². The van der Waals surface area contributed by atoms with Crippen molar-refractivity contribution in [3.63, 3.8) is 0 Å². The number of amides is 2. The molecule has 0 aliphatic rings. The molecule has 2 aromatic rings. The lowest BCUT2D eigenvalue weighted by Gasteiger charge is -2.33. The van der Waals surface area contributed by atoms with Gasteiger partial charge in [-0.15, -0.1) is 0 Å². The van der Waals surface area contributed by atoms with Crippen molar-refractivity contribution < 1.29 is 14.3 Å². The van der Waals surface area contributed by atoms with Gasteiger partial charge in [-0.3, -0.25) is 9.59 Å². The fourth-order valence-corrected chi connectivity index (χ4v) is 4.10. The molecule has 0 aromatic heterocycles. The van der Waals surface area contributed by atoms with E-state index >= 15 is 0 Å². The third kappa shape index (κ3) is 8.04. The van der Waals surface area contributed by atoms with Crippen LogP contribution in [0.5, 0.6) is 5.75 Å². The summed E-state index contributed by atoms with van der Waals surface area (Å²) in [4.78, 5) is 28.0. The minimum atomic E-state index is -0.650. The normalized spacial score (nSPS) is 12.4. The number of halogens is 2. The molecule has 0 saturated heterocycles. The first-order valence-electron chi connectivity index (χ1n) is 11.2. The number of rotatable bonds is 9. The molecule has 2 amide bonds. The minimum Gasteiger partial charge on any atom is -0.483 e. The number of hydrogen-bond donors (Lipinski definition) is 1. The van der Waals surface area contributed by atoms with E-state index in [0.29, 0.717) is 23.1 Å². The van der Waals surface area contributed by atoms with Crippen molar-refractivity contribution >= 4 is 39.3 Å². The Kier molecular flexibility index (Phi) is 9.80. The van der Waals surface area contributed by atoms with Gasteiger partial charge in [-0.25, -0.2) is 0 Å². The Morgan fingerprint density at radius 2 is 1.82 bits per heavy atom. The Bertz CT molecular complexity index is 972. The number of carbonyl (C=O) groups excluding carboxylic acids is 2. The van der Waals surface area contributed by atoms with Crippen LogP contribution in [0.25, 0.3) is 0 Å². The lowest BCUT2D eigenvalue weighted by atomic mass is 10.0. The fraction of sp³-hybridized carbons (Fsp3) is 0.462. The summed E-state index contributed by atoms with van der Waals surface area (Å²) in [6, 6.07) is 12.5. The second kappa shape index (κ2) is 11.9. The van der Waals surface area contributed by atoms with Gasteiger partial charge in [0.2, 0.25) is 5.91 Å². The van der Waals surface area contributed by atoms with Gasteiger partial charge in [0.05, 0.1) is 4.47 Å². The quantitative estimate of drug-likeness (QED) is 0.407. The Hall–Kier alpha value is -2.05. The summed E-state index contributed by atoms with van der Waals surface area (Å²) in [6.45, 7) is 11.9. The lowest BCUT2D eigenvalue weighted by Crippen LogP contribution is -2.54. The monoisotopic (exact) mass is 536 g/mol. The molecule has 5 nitrogen and oxygen atoms in total. The molecular weight excluding hydrogens is 504 g/mol.